The number of carbonyl (C=O) groups is 1. The average molecular weight is 441 g/mol. The Balaban J connectivity index is 1.36. The lowest BCUT2D eigenvalue weighted by Gasteiger charge is -2.32. The minimum Gasteiger partial charge on any atom is -0.439 e. The molecule has 4 rings (SSSR count). The third-order valence-electron chi connectivity index (χ3n) is 5.25. The lowest BCUT2D eigenvalue weighted by atomic mass is 10.0. The molecule has 0 spiro atoms. The lowest BCUT2D eigenvalue weighted by molar-refractivity contribution is -0.137. The maximum absolute atomic E-state index is 12.7. The van der Waals surface area contributed by atoms with Crippen LogP contribution in [0.15, 0.2) is 72.6 Å². The molecule has 1 aromatic carbocycles. The zero-order valence-electron chi connectivity index (χ0n) is 17.3. The normalized spacial score (nSPS) is 16.3. The smallest absolute Gasteiger partial charge is 0.417 e. The van der Waals surface area contributed by atoms with Gasteiger partial charge in [0.15, 0.2) is 0 Å². The van der Waals surface area contributed by atoms with Crippen LogP contribution in [0.3, 0.4) is 0 Å². The summed E-state index contributed by atoms with van der Waals surface area (Å²) in [6, 6.07) is 9.46. The topological polar surface area (TPSA) is 45.7 Å². The minimum absolute atomic E-state index is 0.0177. The molecule has 3 heterocycles. The number of urea groups is 1. The van der Waals surface area contributed by atoms with Gasteiger partial charge in [-0.15, -0.1) is 0 Å². The summed E-state index contributed by atoms with van der Waals surface area (Å²) in [5.74, 6) is 0.584. The van der Waals surface area contributed by atoms with Crippen LogP contribution in [0.25, 0.3) is 6.08 Å². The van der Waals surface area contributed by atoms with Gasteiger partial charge >= 0.3 is 12.2 Å². The fraction of sp³-hybridized carbons (Fsp3) is 0.250. The van der Waals surface area contributed by atoms with Gasteiger partial charge in [0.05, 0.1) is 5.56 Å². The van der Waals surface area contributed by atoms with E-state index in [2.05, 4.69) is 11.1 Å². The van der Waals surface area contributed by atoms with Crippen LogP contribution < -0.4 is 4.74 Å². The zero-order chi connectivity index (χ0) is 22.6. The molecule has 2 amide bonds. The van der Waals surface area contributed by atoms with E-state index < -0.39 is 11.7 Å². The summed E-state index contributed by atoms with van der Waals surface area (Å²) in [4.78, 5) is 19.9. The predicted octanol–water partition coefficient (Wildman–Crippen LogP) is 5.88. The summed E-state index contributed by atoms with van der Waals surface area (Å²) < 4.78 is 43.6. The van der Waals surface area contributed by atoms with Gasteiger partial charge in [0.2, 0.25) is 5.88 Å². The van der Waals surface area contributed by atoms with E-state index in [4.69, 9.17) is 4.74 Å². The van der Waals surface area contributed by atoms with Crippen molar-refractivity contribution >= 4 is 12.1 Å². The highest BCUT2D eigenvalue weighted by atomic mass is 19.4. The number of amides is 2. The number of carbonyl (C=O) groups excluding carboxylic acids is 1. The van der Waals surface area contributed by atoms with Crippen LogP contribution in [0.2, 0.25) is 0 Å². The predicted molar refractivity (Wildman–Crippen MR) is 115 cm³/mol. The second kappa shape index (κ2) is 9.30. The third kappa shape index (κ3) is 5.38. The SMILES string of the molecule is O=C(N1C=CC=CC1)N1CCC(=Cc2cccc(Oc3ccc(C(F)(F)F)cn3)c2)CC1. The van der Waals surface area contributed by atoms with Crippen LogP contribution in [0.5, 0.6) is 11.6 Å². The fourth-order valence-corrected chi connectivity index (χ4v) is 3.55. The van der Waals surface area contributed by atoms with E-state index in [0.717, 1.165) is 30.7 Å². The summed E-state index contributed by atoms with van der Waals surface area (Å²) in [5.41, 5.74) is 1.34. The monoisotopic (exact) mass is 441 g/mol. The second-order valence-corrected chi connectivity index (χ2v) is 7.55. The Hall–Kier alpha value is -3.55. The average Bonchev–Trinajstić information content (AvgIpc) is 2.80. The highest BCUT2D eigenvalue weighted by Gasteiger charge is 2.30. The molecule has 2 aliphatic rings. The molecule has 0 unspecified atom stereocenters. The maximum atomic E-state index is 12.7. The molecule has 32 heavy (non-hydrogen) atoms. The lowest BCUT2D eigenvalue weighted by Crippen LogP contribution is -2.44. The fourth-order valence-electron chi connectivity index (χ4n) is 3.55. The van der Waals surface area contributed by atoms with Gasteiger partial charge < -0.3 is 9.64 Å². The Morgan fingerprint density at radius 1 is 1.09 bits per heavy atom. The van der Waals surface area contributed by atoms with Crippen LogP contribution in [0, 0.1) is 0 Å². The Kier molecular flexibility index (Phi) is 6.30. The number of ether oxygens (including phenoxy) is 1. The molecule has 0 bridgehead atoms. The van der Waals surface area contributed by atoms with E-state index in [1.807, 2.05) is 41.3 Å². The molecule has 1 aromatic heterocycles. The van der Waals surface area contributed by atoms with Crippen molar-refractivity contribution in [2.75, 3.05) is 19.6 Å². The van der Waals surface area contributed by atoms with Gasteiger partial charge in [-0.3, -0.25) is 4.90 Å². The van der Waals surface area contributed by atoms with Crippen LogP contribution in [-0.2, 0) is 6.18 Å². The summed E-state index contributed by atoms with van der Waals surface area (Å²) in [5, 5.41) is 0. The number of alkyl halides is 3. The quantitative estimate of drug-likeness (QED) is 0.598. The van der Waals surface area contributed by atoms with E-state index in [0.29, 0.717) is 25.4 Å². The first-order valence-electron chi connectivity index (χ1n) is 10.3. The van der Waals surface area contributed by atoms with E-state index in [1.165, 1.54) is 11.6 Å². The number of pyridine rings is 1. The third-order valence-corrected chi connectivity index (χ3v) is 5.25. The Bertz CT molecular complexity index is 1050. The number of piperidine rings is 1. The summed E-state index contributed by atoms with van der Waals surface area (Å²) in [7, 11) is 0. The zero-order valence-corrected chi connectivity index (χ0v) is 17.3. The molecule has 2 aromatic rings. The van der Waals surface area contributed by atoms with Gasteiger partial charge in [-0.25, -0.2) is 9.78 Å². The second-order valence-electron chi connectivity index (χ2n) is 7.55. The van der Waals surface area contributed by atoms with E-state index in [9.17, 15) is 18.0 Å². The van der Waals surface area contributed by atoms with Crippen molar-refractivity contribution in [2.45, 2.75) is 19.0 Å². The Morgan fingerprint density at radius 2 is 1.91 bits per heavy atom. The molecule has 0 atom stereocenters. The van der Waals surface area contributed by atoms with Crippen molar-refractivity contribution in [3.8, 4) is 11.6 Å². The first-order valence-corrected chi connectivity index (χ1v) is 10.3. The van der Waals surface area contributed by atoms with Crippen molar-refractivity contribution in [1.82, 2.24) is 14.8 Å². The number of benzene rings is 1. The van der Waals surface area contributed by atoms with Crippen LogP contribution in [0.4, 0.5) is 18.0 Å². The van der Waals surface area contributed by atoms with E-state index in [-0.39, 0.29) is 11.9 Å². The first kappa shape index (κ1) is 21.7. The number of allylic oxidation sites excluding steroid dienone is 2. The number of nitrogens with zero attached hydrogens (tertiary/aromatic N) is 3. The number of hydrogen-bond donors (Lipinski definition) is 0. The van der Waals surface area contributed by atoms with Crippen molar-refractivity contribution in [1.29, 1.82) is 0 Å². The van der Waals surface area contributed by atoms with Gasteiger partial charge in [0.1, 0.15) is 5.75 Å². The summed E-state index contributed by atoms with van der Waals surface area (Å²) >= 11 is 0. The number of rotatable bonds is 3. The molecule has 0 radical (unpaired) electrons. The summed E-state index contributed by atoms with van der Waals surface area (Å²) in [6.45, 7) is 1.91. The standard InChI is InChI=1S/C24H22F3N3O2/c25-24(26,27)20-7-8-22(28-17-20)32-21-6-4-5-19(16-21)15-18-9-13-30(14-10-18)23(31)29-11-2-1-3-12-29/h1-8,11,15-17H,9-10,12-14H2. The Labute approximate surface area is 184 Å². The van der Waals surface area contributed by atoms with E-state index in [1.54, 1.807) is 17.2 Å². The van der Waals surface area contributed by atoms with Gasteiger partial charge in [-0.1, -0.05) is 35.9 Å². The molecule has 166 valence electrons. The van der Waals surface area contributed by atoms with Gasteiger partial charge in [0, 0.05) is 38.1 Å². The molecular formula is C24H22F3N3O2. The van der Waals surface area contributed by atoms with Crippen molar-refractivity contribution in [3.05, 3.63) is 83.7 Å². The summed E-state index contributed by atoms with van der Waals surface area (Å²) in [6.07, 6.45) is 7.48. The molecule has 0 saturated carbocycles. The maximum Gasteiger partial charge on any atom is 0.417 e. The molecule has 5 nitrogen and oxygen atoms in total. The van der Waals surface area contributed by atoms with Gasteiger partial charge in [0.25, 0.3) is 0 Å². The first-order chi connectivity index (χ1) is 15.4. The molecule has 0 N–H and O–H groups in total. The van der Waals surface area contributed by atoms with Crippen LogP contribution in [0.1, 0.15) is 24.0 Å². The largest absolute Gasteiger partial charge is 0.439 e. The van der Waals surface area contributed by atoms with Crippen molar-refractivity contribution in [2.24, 2.45) is 0 Å². The number of halogens is 3. The van der Waals surface area contributed by atoms with Gasteiger partial charge in [-0.2, -0.15) is 13.2 Å². The molecule has 1 saturated heterocycles. The number of aromatic nitrogens is 1. The molecule has 0 aliphatic carbocycles. The highest BCUT2D eigenvalue weighted by molar-refractivity contribution is 5.76. The highest BCUT2D eigenvalue weighted by Crippen LogP contribution is 2.30. The molecular weight excluding hydrogens is 419 g/mol. The molecule has 1 fully saturated rings. The number of hydrogen-bond acceptors (Lipinski definition) is 3. The number of likely N-dealkylation sites (tertiary alicyclic amines) is 1. The van der Waals surface area contributed by atoms with Crippen LogP contribution >= 0.6 is 0 Å². The molecule has 8 heteroatoms. The van der Waals surface area contributed by atoms with Crippen LogP contribution in [-0.4, -0.2) is 40.4 Å². The van der Waals surface area contributed by atoms with Gasteiger partial charge in [-0.05, 0) is 42.7 Å². The minimum atomic E-state index is -4.43. The molecule has 2 aliphatic heterocycles. The Morgan fingerprint density at radius 3 is 2.56 bits per heavy atom. The van der Waals surface area contributed by atoms with Crippen molar-refractivity contribution < 1.29 is 22.7 Å². The van der Waals surface area contributed by atoms with E-state index >= 15 is 0 Å². The van der Waals surface area contributed by atoms with Crippen molar-refractivity contribution in [3.63, 3.8) is 0 Å².